The maximum Gasteiger partial charge on any atom is 0.342 e. The van der Waals surface area contributed by atoms with E-state index in [2.05, 4.69) is 33.4 Å². The lowest BCUT2D eigenvalue weighted by Crippen LogP contribution is -2.50. The summed E-state index contributed by atoms with van der Waals surface area (Å²) < 4.78 is 17.1. The molecule has 0 saturated carbocycles. The lowest BCUT2D eigenvalue weighted by molar-refractivity contribution is -0.132. The van der Waals surface area contributed by atoms with Gasteiger partial charge in [0.25, 0.3) is 0 Å². The summed E-state index contributed by atoms with van der Waals surface area (Å²) in [6.07, 6.45) is 1.73. The van der Waals surface area contributed by atoms with Crippen LogP contribution in [0, 0.1) is 5.41 Å². The first-order chi connectivity index (χ1) is 19.5. The number of para-hydroxylation sites is 1. The van der Waals surface area contributed by atoms with Crippen LogP contribution in [0.15, 0.2) is 66.1 Å². The number of hydrogen-bond acceptors (Lipinski definition) is 8. The zero-order valence-electron chi connectivity index (χ0n) is 22.2. The number of nitrogens with one attached hydrogen (secondary N) is 2. The minimum atomic E-state index is -1.28. The molecule has 2 aliphatic rings. The molecular weight excluding hydrogens is 532 g/mol. The average Bonchev–Trinajstić information content (AvgIpc) is 2.92. The lowest BCUT2D eigenvalue weighted by atomic mass is 9.96. The van der Waals surface area contributed by atoms with E-state index in [4.69, 9.17) is 31.2 Å². The summed E-state index contributed by atoms with van der Waals surface area (Å²) in [7, 11) is 0. The molecule has 0 amide bonds. The van der Waals surface area contributed by atoms with Crippen molar-refractivity contribution in [2.45, 2.75) is 32.5 Å². The van der Waals surface area contributed by atoms with Gasteiger partial charge < -0.3 is 30.0 Å². The molecule has 3 N–H and O–H groups in total. The van der Waals surface area contributed by atoms with E-state index in [0.717, 1.165) is 44.5 Å². The molecule has 1 saturated heterocycles. The normalized spacial score (nSPS) is 15.8. The Morgan fingerprint density at radius 2 is 2.05 bits per heavy atom. The molecule has 2 aliphatic heterocycles. The molecule has 0 atom stereocenters. The van der Waals surface area contributed by atoms with Gasteiger partial charge >= 0.3 is 5.97 Å². The highest BCUT2D eigenvalue weighted by molar-refractivity contribution is 6.32. The maximum absolute atomic E-state index is 11.5. The number of rotatable bonds is 11. The first-order valence-corrected chi connectivity index (χ1v) is 13.5. The molecule has 9 nitrogen and oxygen atoms in total. The number of aliphatic carboxylic acids is 1. The monoisotopic (exact) mass is 562 g/mol. The summed E-state index contributed by atoms with van der Waals surface area (Å²) in [5.74, 6) is -0.479. The number of carbonyl (C=O) groups is 1. The maximum atomic E-state index is 11.5. The number of carboxylic acid groups (broad SMARTS) is 1. The Kier molecular flexibility index (Phi) is 8.64. The Balaban J connectivity index is 1.34. The summed E-state index contributed by atoms with van der Waals surface area (Å²) in [5, 5.41) is 20.2. The zero-order valence-corrected chi connectivity index (χ0v) is 22.9. The third kappa shape index (κ3) is 6.12. The summed E-state index contributed by atoms with van der Waals surface area (Å²) in [6.45, 7) is 5.93. The highest BCUT2D eigenvalue weighted by Crippen LogP contribution is 2.36. The van der Waals surface area contributed by atoms with E-state index in [1.54, 1.807) is 25.1 Å². The van der Waals surface area contributed by atoms with Crippen molar-refractivity contribution in [2.24, 2.45) is 0 Å². The molecular formula is C30H31ClN4O5. The first-order valence-electron chi connectivity index (χ1n) is 13.2. The smallest absolute Gasteiger partial charge is 0.342 e. The standard InChI is InChI=1S/C30H31ClN4O5/c1-2-39-29(24(14-32)30(36)37)34-27-8-4-7-26(33-27)23-5-3-6-25(31)28(23)40-16-19-9-10-21-15-35(22-17-38-18-22)12-11-20(21)13-19/h3-10,13-14,22,32H,2,11-12,15-18H2,1H3,(H,33,34)(H,36,37)/b29-24-,32-14?. The van der Waals surface area contributed by atoms with Crippen LogP contribution in [-0.2, 0) is 33.8 Å². The Morgan fingerprint density at radius 3 is 2.77 bits per heavy atom. The van der Waals surface area contributed by atoms with Crippen molar-refractivity contribution in [3.05, 3.63) is 87.8 Å². The molecule has 3 heterocycles. The van der Waals surface area contributed by atoms with E-state index in [-0.39, 0.29) is 18.1 Å². The van der Waals surface area contributed by atoms with Crippen LogP contribution in [0.5, 0.6) is 5.75 Å². The SMILES string of the molecule is CCO/C(Nc1cccc(-c2cccc(Cl)c2OCc2ccc3c(c2)CCN(C2COC2)C3)n1)=C(/C=N)C(=O)O. The van der Waals surface area contributed by atoms with Crippen LogP contribution in [0.25, 0.3) is 11.3 Å². The Hall–Kier alpha value is -3.92. The molecule has 3 aromatic rings. The van der Waals surface area contributed by atoms with E-state index in [0.29, 0.717) is 40.5 Å². The van der Waals surface area contributed by atoms with Gasteiger partial charge in [-0.2, -0.15) is 0 Å². The molecule has 2 aromatic carbocycles. The van der Waals surface area contributed by atoms with Crippen molar-refractivity contribution in [1.29, 1.82) is 5.41 Å². The third-order valence-corrected chi connectivity index (χ3v) is 7.27. The van der Waals surface area contributed by atoms with Crippen LogP contribution in [0.1, 0.15) is 23.6 Å². The van der Waals surface area contributed by atoms with Gasteiger partial charge in [-0.25, -0.2) is 9.78 Å². The van der Waals surface area contributed by atoms with Crippen LogP contribution in [-0.4, -0.2) is 59.6 Å². The predicted octanol–water partition coefficient (Wildman–Crippen LogP) is 5.13. The van der Waals surface area contributed by atoms with Gasteiger partial charge in [-0.15, -0.1) is 0 Å². The fraction of sp³-hybridized carbons (Fsp3) is 0.300. The molecule has 10 heteroatoms. The number of benzene rings is 2. The number of anilines is 1. The van der Waals surface area contributed by atoms with Gasteiger partial charge in [0.15, 0.2) is 0 Å². The van der Waals surface area contributed by atoms with E-state index >= 15 is 0 Å². The molecule has 40 heavy (non-hydrogen) atoms. The molecule has 5 rings (SSSR count). The van der Waals surface area contributed by atoms with Crippen LogP contribution in [0.4, 0.5) is 5.82 Å². The van der Waals surface area contributed by atoms with Gasteiger partial charge in [0, 0.05) is 24.9 Å². The zero-order chi connectivity index (χ0) is 28.1. The fourth-order valence-corrected chi connectivity index (χ4v) is 5.03. The third-order valence-electron chi connectivity index (χ3n) is 6.97. The number of fused-ring (bicyclic) bond motifs is 1. The van der Waals surface area contributed by atoms with Crippen molar-refractivity contribution in [2.75, 3.05) is 31.7 Å². The van der Waals surface area contributed by atoms with Crippen LogP contribution >= 0.6 is 11.6 Å². The quantitative estimate of drug-likeness (QED) is 0.167. The van der Waals surface area contributed by atoms with Gasteiger partial charge in [0.2, 0.25) is 5.88 Å². The minimum Gasteiger partial charge on any atom is -0.487 e. The second-order valence-electron chi connectivity index (χ2n) is 9.58. The van der Waals surface area contributed by atoms with Crippen molar-refractivity contribution in [1.82, 2.24) is 9.88 Å². The van der Waals surface area contributed by atoms with Gasteiger partial charge in [0.05, 0.1) is 36.6 Å². The number of halogens is 1. The lowest BCUT2D eigenvalue weighted by Gasteiger charge is -2.40. The number of ether oxygens (including phenoxy) is 3. The number of nitrogens with zero attached hydrogens (tertiary/aromatic N) is 2. The molecule has 0 aliphatic carbocycles. The van der Waals surface area contributed by atoms with E-state index < -0.39 is 5.97 Å². The van der Waals surface area contributed by atoms with Crippen molar-refractivity contribution in [3.63, 3.8) is 0 Å². The summed E-state index contributed by atoms with van der Waals surface area (Å²) >= 11 is 6.58. The number of carboxylic acids is 1. The van der Waals surface area contributed by atoms with Crippen molar-refractivity contribution in [3.8, 4) is 17.0 Å². The van der Waals surface area contributed by atoms with Gasteiger partial charge in [-0.05, 0) is 54.3 Å². The second kappa shape index (κ2) is 12.5. The molecule has 0 unspecified atom stereocenters. The van der Waals surface area contributed by atoms with Crippen LogP contribution in [0.3, 0.4) is 0 Å². The second-order valence-corrected chi connectivity index (χ2v) is 9.99. The molecule has 1 fully saturated rings. The number of pyridine rings is 1. The van der Waals surface area contributed by atoms with Crippen LogP contribution < -0.4 is 10.1 Å². The predicted molar refractivity (Wildman–Crippen MR) is 153 cm³/mol. The minimum absolute atomic E-state index is 0.0613. The molecule has 208 valence electrons. The average molecular weight is 563 g/mol. The van der Waals surface area contributed by atoms with Crippen LogP contribution in [0.2, 0.25) is 5.02 Å². The van der Waals surface area contributed by atoms with Gasteiger partial charge in [-0.3, -0.25) is 4.90 Å². The topological polar surface area (TPSA) is 117 Å². The highest BCUT2D eigenvalue weighted by atomic mass is 35.5. The fourth-order valence-electron chi connectivity index (χ4n) is 4.80. The Bertz CT molecular complexity index is 1440. The molecule has 0 radical (unpaired) electrons. The van der Waals surface area contributed by atoms with Crippen molar-refractivity contribution < 1.29 is 24.1 Å². The van der Waals surface area contributed by atoms with E-state index in [1.165, 1.54) is 11.1 Å². The van der Waals surface area contributed by atoms with Crippen molar-refractivity contribution >= 4 is 29.6 Å². The highest BCUT2D eigenvalue weighted by Gasteiger charge is 2.28. The Morgan fingerprint density at radius 1 is 1.23 bits per heavy atom. The summed E-state index contributed by atoms with van der Waals surface area (Å²) in [4.78, 5) is 18.7. The number of aromatic nitrogens is 1. The largest absolute Gasteiger partial charge is 0.487 e. The number of hydrogen-bond donors (Lipinski definition) is 3. The van der Waals surface area contributed by atoms with Gasteiger partial charge in [-0.1, -0.05) is 41.9 Å². The summed E-state index contributed by atoms with van der Waals surface area (Å²) in [5.41, 5.74) is 4.73. The molecule has 0 spiro atoms. The summed E-state index contributed by atoms with van der Waals surface area (Å²) in [6, 6.07) is 17.8. The Labute approximate surface area is 237 Å². The molecule has 1 aromatic heterocycles. The van der Waals surface area contributed by atoms with E-state index in [1.807, 2.05) is 18.2 Å². The first kappa shape index (κ1) is 27.6. The van der Waals surface area contributed by atoms with E-state index in [9.17, 15) is 9.90 Å². The van der Waals surface area contributed by atoms with Gasteiger partial charge in [0.1, 0.15) is 23.7 Å². The molecule has 0 bridgehead atoms.